The Morgan fingerprint density at radius 3 is 2.21 bits per heavy atom. The van der Waals surface area contributed by atoms with E-state index in [4.69, 9.17) is 0 Å². The second-order valence-corrected chi connectivity index (χ2v) is 6.04. The van der Waals surface area contributed by atoms with Gasteiger partial charge in [0.25, 0.3) is 11.8 Å². The number of alkyl halides is 3. The van der Waals surface area contributed by atoms with E-state index >= 15 is 0 Å². The first-order valence-corrected chi connectivity index (χ1v) is 8.14. The van der Waals surface area contributed by atoms with Crippen molar-refractivity contribution in [3.8, 4) is 5.88 Å². The Bertz CT molecular complexity index is 949. The standard InChI is InChI=1S/C19H15F3N2O4/c1-10(25)15-11(9-14(19(20,21)22)16(23-15)28-2)7-8-24-17(26)12-5-3-4-6-13(12)18(24)27/h3-10,25H,1-2H3/b8-7+/t10-/m1/s1. The summed E-state index contributed by atoms with van der Waals surface area (Å²) in [6.07, 6.45) is -3.75. The maximum Gasteiger partial charge on any atom is 0.421 e. The van der Waals surface area contributed by atoms with Crippen LogP contribution in [0.3, 0.4) is 0 Å². The molecule has 0 saturated carbocycles. The van der Waals surface area contributed by atoms with Gasteiger partial charge in [-0.05, 0) is 31.2 Å². The first kappa shape index (κ1) is 19.6. The third-order valence-electron chi connectivity index (χ3n) is 4.17. The molecule has 1 aromatic heterocycles. The molecule has 1 N–H and O–H groups in total. The van der Waals surface area contributed by atoms with Gasteiger partial charge < -0.3 is 9.84 Å². The van der Waals surface area contributed by atoms with Crippen LogP contribution in [0.2, 0.25) is 0 Å². The smallest absolute Gasteiger partial charge is 0.421 e. The number of ether oxygens (including phenoxy) is 1. The Morgan fingerprint density at radius 1 is 1.18 bits per heavy atom. The zero-order valence-electron chi connectivity index (χ0n) is 14.8. The molecular formula is C19H15F3N2O4. The van der Waals surface area contributed by atoms with Gasteiger partial charge in [0.15, 0.2) is 0 Å². The second kappa shape index (κ2) is 7.08. The molecule has 9 heteroatoms. The Kier molecular flexibility index (Phi) is 4.95. The molecule has 0 bridgehead atoms. The summed E-state index contributed by atoms with van der Waals surface area (Å²) in [7, 11) is 1.04. The number of aliphatic hydroxyl groups excluding tert-OH is 1. The molecule has 0 fully saturated rings. The molecule has 1 aromatic carbocycles. The van der Waals surface area contributed by atoms with Gasteiger partial charge in [0, 0.05) is 11.8 Å². The maximum absolute atomic E-state index is 13.3. The van der Waals surface area contributed by atoms with Gasteiger partial charge in [-0.25, -0.2) is 9.88 Å². The number of pyridine rings is 1. The van der Waals surface area contributed by atoms with E-state index in [-0.39, 0.29) is 22.4 Å². The lowest BCUT2D eigenvalue weighted by molar-refractivity contribution is -0.139. The lowest BCUT2D eigenvalue weighted by Crippen LogP contribution is -2.23. The van der Waals surface area contributed by atoms with Gasteiger partial charge in [-0.3, -0.25) is 9.59 Å². The number of benzene rings is 1. The zero-order valence-corrected chi connectivity index (χ0v) is 14.8. The van der Waals surface area contributed by atoms with Crippen LogP contribution in [0.1, 0.15) is 50.6 Å². The Labute approximate surface area is 157 Å². The van der Waals surface area contributed by atoms with E-state index in [2.05, 4.69) is 9.72 Å². The minimum atomic E-state index is -4.74. The maximum atomic E-state index is 13.3. The van der Waals surface area contributed by atoms with Gasteiger partial charge >= 0.3 is 6.18 Å². The molecule has 1 aliphatic heterocycles. The molecule has 1 aliphatic rings. The fourth-order valence-electron chi connectivity index (χ4n) is 2.85. The molecule has 0 saturated heterocycles. The number of carbonyl (C=O) groups excluding carboxylic acids is 2. The third kappa shape index (κ3) is 3.36. The molecule has 1 atom stereocenters. The quantitative estimate of drug-likeness (QED) is 0.807. The highest BCUT2D eigenvalue weighted by Gasteiger charge is 2.37. The highest BCUT2D eigenvalue weighted by molar-refractivity contribution is 6.22. The molecule has 6 nitrogen and oxygen atoms in total. The lowest BCUT2D eigenvalue weighted by Gasteiger charge is -2.16. The summed E-state index contributed by atoms with van der Waals surface area (Å²) in [5.74, 6) is -1.86. The van der Waals surface area contributed by atoms with Crippen LogP contribution in [0.15, 0.2) is 36.5 Å². The number of methoxy groups -OCH3 is 1. The molecule has 0 radical (unpaired) electrons. The fourth-order valence-corrected chi connectivity index (χ4v) is 2.85. The number of amides is 2. The molecule has 28 heavy (non-hydrogen) atoms. The van der Waals surface area contributed by atoms with E-state index in [0.29, 0.717) is 0 Å². The Hall–Kier alpha value is -3.20. The summed E-state index contributed by atoms with van der Waals surface area (Å²) in [6, 6.07) is 6.93. The average molecular weight is 392 g/mol. The lowest BCUT2D eigenvalue weighted by atomic mass is 10.1. The number of rotatable bonds is 4. The predicted molar refractivity (Wildman–Crippen MR) is 92.4 cm³/mol. The summed E-state index contributed by atoms with van der Waals surface area (Å²) in [5.41, 5.74) is -0.910. The van der Waals surface area contributed by atoms with Gasteiger partial charge in [0.2, 0.25) is 5.88 Å². The normalized spacial score (nSPS) is 15.3. The third-order valence-corrected chi connectivity index (χ3v) is 4.17. The van der Waals surface area contributed by atoms with Gasteiger partial charge in [-0.2, -0.15) is 13.2 Å². The summed E-state index contributed by atoms with van der Waals surface area (Å²) >= 11 is 0. The molecule has 0 unspecified atom stereocenters. The molecule has 3 rings (SSSR count). The zero-order chi connectivity index (χ0) is 20.6. The summed E-state index contributed by atoms with van der Waals surface area (Å²) < 4.78 is 44.5. The number of aromatic nitrogens is 1. The van der Waals surface area contributed by atoms with Gasteiger partial charge in [0.05, 0.1) is 30.0 Å². The van der Waals surface area contributed by atoms with Gasteiger partial charge in [-0.1, -0.05) is 12.1 Å². The van der Waals surface area contributed by atoms with Crippen molar-refractivity contribution in [3.63, 3.8) is 0 Å². The molecule has 2 heterocycles. The van der Waals surface area contributed by atoms with Crippen molar-refractivity contribution in [1.82, 2.24) is 9.88 Å². The Morgan fingerprint density at radius 2 is 1.75 bits per heavy atom. The van der Waals surface area contributed by atoms with Crippen molar-refractivity contribution >= 4 is 17.9 Å². The largest absolute Gasteiger partial charge is 0.481 e. The highest BCUT2D eigenvalue weighted by atomic mass is 19.4. The van der Waals surface area contributed by atoms with Crippen molar-refractivity contribution in [1.29, 1.82) is 0 Å². The van der Waals surface area contributed by atoms with Crippen molar-refractivity contribution in [2.75, 3.05) is 7.11 Å². The summed E-state index contributed by atoms with van der Waals surface area (Å²) in [5, 5.41) is 9.88. The number of carbonyl (C=O) groups is 2. The van der Waals surface area contributed by atoms with E-state index < -0.39 is 35.5 Å². The molecule has 0 aliphatic carbocycles. The van der Waals surface area contributed by atoms with Crippen LogP contribution < -0.4 is 4.74 Å². The van der Waals surface area contributed by atoms with Crippen LogP contribution in [0.4, 0.5) is 13.2 Å². The number of hydrogen-bond donors (Lipinski definition) is 1. The van der Waals surface area contributed by atoms with Crippen molar-refractivity contribution < 1.29 is 32.6 Å². The molecule has 2 aromatic rings. The number of fused-ring (bicyclic) bond motifs is 1. The first-order chi connectivity index (χ1) is 13.1. The summed E-state index contributed by atoms with van der Waals surface area (Å²) in [4.78, 5) is 29.3. The fraction of sp³-hybridized carbons (Fsp3) is 0.211. The number of nitrogens with zero attached hydrogens (tertiary/aromatic N) is 2. The van der Waals surface area contributed by atoms with Crippen molar-refractivity contribution in [2.24, 2.45) is 0 Å². The highest BCUT2D eigenvalue weighted by Crippen LogP contribution is 2.37. The molecule has 146 valence electrons. The van der Waals surface area contributed by atoms with Crippen molar-refractivity contribution in [2.45, 2.75) is 19.2 Å². The Balaban J connectivity index is 2.04. The molecule has 2 amide bonds. The number of halogens is 3. The number of imide groups is 1. The minimum absolute atomic E-state index is 0.0855. The van der Waals surface area contributed by atoms with E-state index in [0.717, 1.165) is 30.4 Å². The average Bonchev–Trinajstić information content (AvgIpc) is 2.89. The van der Waals surface area contributed by atoms with E-state index in [1.807, 2.05) is 0 Å². The molecule has 0 spiro atoms. The van der Waals surface area contributed by atoms with Crippen LogP contribution in [0.25, 0.3) is 6.08 Å². The van der Waals surface area contributed by atoms with E-state index in [1.54, 1.807) is 12.1 Å². The monoisotopic (exact) mass is 392 g/mol. The van der Waals surface area contributed by atoms with Gasteiger partial charge in [-0.15, -0.1) is 0 Å². The van der Waals surface area contributed by atoms with E-state index in [9.17, 15) is 27.9 Å². The van der Waals surface area contributed by atoms with Crippen LogP contribution in [0, 0.1) is 0 Å². The SMILES string of the molecule is COc1nc([C@@H](C)O)c(/C=C/N2C(=O)c3ccccc3C2=O)cc1C(F)(F)F. The van der Waals surface area contributed by atoms with Crippen LogP contribution >= 0.6 is 0 Å². The second-order valence-electron chi connectivity index (χ2n) is 6.04. The van der Waals surface area contributed by atoms with Gasteiger partial charge in [0.1, 0.15) is 5.56 Å². The number of aliphatic hydroxyl groups is 1. The van der Waals surface area contributed by atoms with Crippen molar-refractivity contribution in [3.05, 3.63) is 64.5 Å². The minimum Gasteiger partial charge on any atom is -0.481 e. The number of hydrogen-bond acceptors (Lipinski definition) is 5. The molecular weight excluding hydrogens is 377 g/mol. The van der Waals surface area contributed by atoms with Crippen LogP contribution in [0.5, 0.6) is 5.88 Å². The van der Waals surface area contributed by atoms with E-state index in [1.165, 1.54) is 19.1 Å². The predicted octanol–water partition coefficient (Wildman–Crippen LogP) is 3.43. The van der Waals surface area contributed by atoms with Crippen LogP contribution in [-0.4, -0.2) is 33.9 Å². The van der Waals surface area contributed by atoms with Crippen LogP contribution in [-0.2, 0) is 6.18 Å². The summed E-state index contributed by atoms with van der Waals surface area (Å²) in [6.45, 7) is 1.33. The topological polar surface area (TPSA) is 79.7 Å². The first-order valence-electron chi connectivity index (χ1n) is 8.14.